The minimum absolute atomic E-state index is 0.214. The van der Waals surface area contributed by atoms with Gasteiger partial charge in [0.25, 0.3) is 0 Å². The molecule has 1 atom stereocenters. The quantitative estimate of drug-likeness (QED) is 0.415. The Morgan fingerprint density at radius 3 is 2.47 bits per heavy atom. The molecule has 0 aromatic rings. The number of hydrogen-bond acceptors (Lipinski definition) is 4. The second-order valence-electron chi connectivity index (χ2n) is 3.85. The van der Waals surface area contributed by atoms with Crippen molar-refractivity contribution in [3.63, 3.8) is 0 Å². The van der Waals surface area contributed by atoms with E-state index in [1.54, 1.807) is 0 Å². The lowest BCUT2D eigenvalue weighted by Gasteiger charge is -2.14. The SMILES string of the molecule is CCC[C@H](NC(=O)NCC(=O)NCCOC)C(=O)O. The number of hydrogen-bond donors (Lipinski definition) is 4. The van der Waals surface area contributed by atoms with Crippen LogP contribution < -0.4 is 16.0 Å². The fourth-order valence-electron chi connectivity index (χ4n) is 1.27. The second-order valence-corrected chi connectivity index (χ2v) is 3.85. The Morgan fingerprint density at radius 2 is 1.95 bits per heavy atom. The lowest BCUT2D eigenvalue weighted by molar-refractivity contribution is -0.139. The summed E-state index contributed by atoms with van der Waals surface area (Å²) in [6, 6.07) is -1.62. The fourth-order valence-corrected chi connectivity index (χ4v) is 1.27. The zero-order valence-electron chi connectivity index (χ0n) is 11.2. The van der Waals surface area contributed by atoms with Crippen molar-refractivity contribution >= 4 is 17.9 Å². The summed E-state index contributed by atoms with van der Waals surface area (Å²) < 4.78 is 4.74. The maximum Gasteiger partial charge on any atom is 0.326 e. The molecule has 3 amide bonds. The van der Waals surface area contributed by atoms with Gasteiger partial charge in [-0.2, -0.15) is 0 Å². The fraction of sp³-hybridized carbons (Fsp3) is 0.727. The number of rotatable bonds is 9. The summed E-state index contributed by atoms with van der Waals surface area (Å²) in [4.78, 5) is 33.4. The van der Waals surface area contributed by atoms with Crippen LogP contribution in [0.3, 0.4) is 0 Å². The highest BCUT2D eigenvalue weighted by atomic mass is 16.5. The summed E-state index contributed by atoms with van der Waals surface area (Å²) >= 11 is 0. The molecule has 110 valence electrons. The Balaban J connectivity index is 3.90. The summed E-state index contributed by atoms with van der Waals surface area (Å²) in [5.74, 6) is -1.46. The van der Waals surface area contributed by atoms with Gasteiger partial charge in [-0.25, -0.2) is 9.59 Å². The Hall–Kier alpha value is -1.83. The summed E-state index contributed by atoms with van der Waals surface area (Å²) in [5.41, 5.74) is 0. The molecule has 0 aliphatic heterocycles. The average Bonchev–Trinajstić information content (AvgIpc) is 2.36. The van der Waals surface area contributed by atoms with Crippen LogP contribution in [0.4, 0.5) is 4.79 Å². The maximum atomic E-state index is 11.4. The first kappa shape index (κ1) is 17.2. The number of carboxylic acids is 1. The van der Waals surface area contributed by atoms with Gasteiger partial charge < -0.3 is 25.8 Å². The van der Waals surface area contributed by atoms with E-state index in [0.29, 0.717) is 26.0 Å². The third-order valence-corrected chi connectivity index (χ3v) is 2.22. The highest BCUT2D eigenvalue weighted by Gasteiger charge is 2.18. The predicted octanol–water partition coefficient (Wildman–Crippen LogP) is -0.698. The third-order valence-electron chi connectivity index (χ3n) is 2.22. The average molecular weight is 275 g/mol. The highest BCUT2D eigenvalue weighted by Crippen LogP contribution is 1.96. The van der Waals surface area contributed by atoms with E-state index in [2.05, 4.69) is 16.0 Å². The molecular formula is C11H21N3O5. The van der Waals surface area contributed by atoms with Crippen molar-refractivity contribution in [1.29, 1.82) is 0 Å². The minimum atomic E-state index is -1.10. The van der Waals surface area contributed by atoms with Gasteiger partial charge in [0.05, 0.1) is 13.2 Å². The molecule has 0 spiro atoms. The number of carbonyl (C=O) groups is 3. The van der Waals surface area contributed by atoms with Crippen molar-refractivity contribution in [2.24, 2.45) is 0 Å². The Kier molecular flexibility index (Phi) is 9.15. The lowest BCUT2D eigenvalue weighted by Crippen LogP contribution is -2.48. The number of aliphatic carboxylic acids is 1. The Morgan fingerprint density at radius 1 is 1.26 bits per heavy atom. The zero-order chi connectivity index (χ0) is 14.7. The lowest BCUT2D eigenvalue weighted by atomic mass is 10.2. The Labute approximate surface area is 111 Å². The molecule has 8 nitrogen and oxygen atoms in total. The van der Waals surface area contributed by atoms with E-state index >= 15 is 0 Å². The molecule has 0 aliphatic carbocycles. The first-order valence-corrected chi connectivity index (χ1v) is 6.04. The van der Waals surface area contributed by atoms with E-state index < -0.39 is 18.0 Å². The Bertz CT molecular complexity index is 309. The molecule has 0 bridgehead atoms. The van der Waals surface area contributed by atoms with Crippen molar-refractivity contribution in [3.8, 4) is 0 Å². The number of nitrogens with one attached hydrogen (secondary N) is 3. The van der Waals surface area contributed by atoms with Gasteiger partial charge in [0.15, 0.2) is 0 Å². The van der Waals surface area contributed by atoms with Gasteiger partial charge in [0, 0.05) is 13.7 Å². The van der Waals surface area contributed by atoms with Crippen molar-refractivity contribution in [3.05, 3.63) is 0 Å². The zero-order valence-corrected chi connectivity index (χ0v) is 11.2. The summed E-state index contributed by atoms with van der Waals surface area (Å²) in [6.45, 7) is 2.34. The molecule has 0 unspecified atom stereocenters. The van der Waals surface area contributed by atoms with Gasteiger partial charge in [-0.3, -0.25) is 4.79 Å². The molecular weight excluding hydrogens is 254 g/mol. The van der Waals surface area contributed by atoms with Crippen molar-refractivity contribution < 1.29 is 24.2 Å². The minimum Gasteiger partial charge on any atom is -0.480 e. The van der Waals surface area contributed by atoms with Gasteiger partial charge in [-0.15, -0.1) is 0 Å². The molecule has 0 heterocycles. The van der Waals surface area contributed by atoms with Crippen molar-refractivity contribution in [2.45, 2.75) is 25.8 Å². The summed E-state index contributed by atoms with van der Waals surface area (Å²) in [6.07, 6.45) is 0.970. The number of methoxy groups -OCH3 is 1. The maximum absolute atomic E-state index is 11.4. The molecule has 0 radical (unpaired) electrons. The number of urea groups is 1. The van der Waals surface area contributed by atoms with Gasteiger partial charge in [-0.05, 0) is 6.42 Å². The van der Waals surface area contributed by atoms with Gasteiger partial charge >= 0.3 is 12.0 Å². The van der Waals surface area contributed by atoms with Crippen LogP contribution in [0.25, 0.3) is 0 Å². The van der Waals surface area contributed by atoms with E-state index in [1.807, 2.05) is 6.92 Å². The predicted molar refractivity (Wildman–Crippen MR) is 67.8 cm³/mol. The molecule has 0 saturated carbocycles. The van der Waals surface area contributed by atoms with Gasteiger partial charge in [0.2, 0.25) is 5.91 Å². The molecule has 0 aromatic heterocycles. The van der Waals surface area contributed by atoms with Gasteiger partial charge in [-0.1, -0.05) is 13.3 Å². The number of ether oxygens (including phenoxy) is 1. The molecule has 4 N–H and O–H groups in total. The van der Waals surface area contributed by atoms with Crippen LogP contribution in [0.15, 0.2) is 0 Å². The van der Waals surface area contributed by atoms with Crippen LogP contribution >= 0.6 is 0 Å². The first-order chi connectivity index (χ1) is 9.01. The van der Waals surface area contributed by atoms with Crippen LogP contribution in [0.1, 0.15) is 19.8 Å². The monoisotopic (exact) mass is 275 g/mol. The third kappa shape index (κ3) is 8.83. The molecule has 0 saturated heterocycles. The van der Waals surface area contributed by atoms with E-state index in [1.165, 1.54) is 7.11 Å². The normalized spacial score (nSPS) is 11.5. The molecule has 8 heteroatoms. The van der Waals surface area contributed by atoms with E-state index in [-0.39, 0.29) is 12.5 Å². The standard InChI is InChI=1S/C11H21N3O5/c1-3-4-8(10(16)17)14-11(18)13-7-9(15)12-5-6-19-2/h8H,3-7H2,1-2H3,(H,12,15)(H,16,17)(H2,13,14,18)/t8-/m0/s1. The van der Waals surface area contributed by atoms with Gasteiger partial charge in [0.1, 0.15) is 6.04 Å². The van der Waals surface area contributed by atoms with E-state index in [0.717, 1.165) is 0 Å². The van der Waals surface area contributed by atoms with Crippen LogP contribution in [-0.4, -0.2) is 55.9 Å². The number of amides is 3. The number of carbonyl (C=O) groups excluding carboxylic acids is 2. The molecule has 0 fully saturated rings. The van der Waals surface area contributed by atoms with Crippen LogP contribution in [0.2, 0.25) is 0 Å². The summed E-state index contributed by atoms with van der Waals surface area (Å²) in [5, 5.41) is 15.9. The smallest absolute Gasteiger partial charge is 0.326 e. The van der Waals surface area contributed by atoms with Crippen molar-refractivity contribution in [2.75, 3.05) is 26.8 Å². The molecule has 0 aliphatic rings. The molecule has 0 aromatic carbocycles. The van der Waals surface area contributed by atoms with E-state index in [9.17, 15) is 14.4 Å². The van der Waals surface area contributed by atoms with Crippen LogP contribution in [0, 0.1) is 0 Å². The molecule has 0 rings (SSSR count). The van der Waals surface area contributed by atoms with Crippen molar-refractivity contribution in [1.82, 2.24) is 16.0 Å². The van der Waals surface area contributed by atoms with Crippen LogP contribution in [-0.2, 0) is 14.3 Å². The highest BCUT2D eigenvalue weighted by molar-refractivity contribution is 5.86. The first-order valence-electron chi connectivity index (χ1n) is 6.04. The second kappa shape index (κ2) is 10.1. The van der Waals surface area contributed by atoms with Crippen LogP contribution in [0.5, 0.6) is 0 Å². The summed E-state index contributed by atoms with van der Waals surface area (Å²) in [7, 11) is 1.51. The topological polar surface area (TPSA) is 117 Å². The number of carboxylic acid groups (broad SMARTS) is 1. The largest absolute Gasteiger partial charge is 0.480 e. The molecule has 19 heavy (non-hydrogen) atoms. The van der Waals surface area contributed by atoms with E-state index in [4.69, 9.17) is 9.84 Å².